The van der Waals surface area contributed by atoms with Gasteiger partial charge < -0.3 is 15.6 Å². The highest BCUT2D eigenvalue weighted by Gasteiger charge is 2.13. The summed E-state index contributed by atoms with van der Waals surface area (Å²) in [6, 6.07) is 8.39. The van der Waals surface area contributed by atoms with E-state index in [4.69, 9.17) is 5.73 Å². The van der Waals surface area contributed by atoms with Crippen LogP contribution in [0.25, 0.3) is 15.9 Å². The Hall–Kier alpha value is -2.64. The summed E-state index contributed by atoms with van der Waals surface area (Å²) in [5, 5.41) is 6.79. The van der Waals surface area contributed by atoms with Gasteiger partial charge in [0.2, 0.25) is 5.91 Å². The number of nitrogens with one attached hydrogen (secondary N) is 1. The fraction of sp³-hybridized carbons (Fsp3) is 0.263. The van der Waals surface area contributed by atoms with Crippen molar-refractivity contribution in [1.82, 2.24) is 19.3 Å². The molecule has 4 rings (SSSR count). The summed E-state index contributed by atoms with van der Waals surface area (Å²) in [7, 11) is 0. The van der Waals surface area contributed by atoms with Crippen molar-refractivity contribution in [2.45, 2.75) is 32.5 Å². The average Bonchev–Trinajstić information content (AvgIpc) is 3.31. The molecule has 0 saturated carbocycles. The van der Waals surface area contributed by atoms with Gasteiger partial charge in [0, 0.05) is 60.4 Å². The fourth-order valence-corrected chi connectivity index (χ4v) is 3.91. The number of hydrogen-bond donors (Lipinski definition) is 2. The smallest absolute Gasteiger partial charge is 0.219 e. The normalized spacial score (nSPS) is 12.8. The maximum absolute atomic E-state index is 11.1. The number of rotatable bonds is 7. The summed E-state index contributed by atoms with van der Waals surface area (Å²) in [4.78, 5) is 16.8. The maximum Gasteiger partial charge on any atom is 0.219 e. The summed E-state index contributed by atoms with van der Waals surface area (Å²) in [5.41, 5.74) is 8.67. The van der Waals surface area contributed by atoms with E-state index in [1.165, 1.54) is 10.9 Å². The van der Waals surface area contributed by atoms with E-state index in [1.54, 1.807) is 11.3 Å². The second-order valence-electron chi connectivity index (χ2n) is 6.44. The number of carbonyl (C=O) groups excluding carboxylic acids is 1. The minimum Gasteiger partial charge on any atom is -0.370 e. The summed E-state index contributed by atoms with van der Waals surface area (Å²) in [6.07, 6.45) is 6.54. The minimum absolute atomic E-state index is 0.148. The predicted octanol–water partition coefficient (Wildman–Crippen LogP) is 3.08. The van der Waals surface area contributed by atoms with Crippen LogP contribution in [0.4, 0.5) is 0 Å². The van der Waals surface area contributed by atoms with E-state index in [0.29, 0.717) is 13.0 Å². The Labute approximate surface area is 155 Å². The van der Waals surface area contributed by atoms with Gasteiger partial charge in [-0.2, -0.15) is 0 Å². The van der Waals surface area contributed by atoms with Crippen LogP contribution in [0, 0.1) is 0 Å². The summed E-state index contributed by atoms with van der Waals surface area (Å²) in [6.45, 7) is 3.46. The molecule has 1 atom stereocenters. The van der Waals surface area contributed by atoms with E-state index in [2.05, 4.69) is 46.3 Å². The first kappa shape index (κ1) is 16.8. The van der Waals surface area contributed by atoms with E-state index in [1.807, 2.05) is 28.1 Å². The molecule has 134 valence electrons. The zero-order valence-corrected chi connectivity index (χ0v) is 15.4. The third kappa shape index (κ3) is 3.23. The zero-order chi connectivity index (χ0) is 18.1. The highest BCUT2D eigenvalue weighted by Crippen LogP contribution is 2.23. The molecule has 0 saturated heterocycles. The van der Waals surface area contributed by atoms with Gasteiger partial charge in [0.15, 0.2) is 4.96 Å². The molecule has 0 aliphatic rings. The van der Waals surface area contributed by atoms with Crippen LogP contribution in [0.5, 0.6) is 0 Å². The number of hydrogen-bond acceptors (Lipinski definition) is 4. The number of carbonyl (C=O) groups is 1. The van der Waals surface area contributed by atoms with Gasteiger partial charge >= 0.3 is 0 Å². The van der Waals surface area contributed by atoms with Gasteiger partial charge in [0.25, 0.3) is 0 Å². The quantitative estimate of drug-likeness (QED) is 0.527. The Morgan fingerprint density at radius 2 is 2.19 bits per heavy atom. The van der Waals surface area contributed by atoms with E-state index < -0.39 is 0 Å². The highest BCUT2D eigenvalue weighted by molar-refractivity contribution is 7.15. The molecule has 0 radical (unpaired) electrons. The number of aromatic nitrogens is 3. The molecule has 6 nitrogen and oxygen atoms in total. The number of nitrogens with zero attached hydrogens (tertiary/aromatic N) is 3. The molecule has 3 aromatic heterocycles. The Kier molecular flexibility index (Phi) is 4.48. The standard InChI is InChI=1S/C19H21N5OS/c1-13(16-12-24-8-9-26-19(24)22-16)21-10-14-11-23(7-6-18(20)25)17-5-3-2-4-15(14)17/h2-5,8-9,11-13,21H,6-7,10H2,1H3,(H2,20,25)/t13-/m1/s1. The number of thiazole rings is 1. The monoisotopic (exact) mass is 367 g/mol. The Morgan fingerprint density at radius 3 is 3.00 bits per heavy atom. The predicted molar refractivity (Wildman–Crippen MR) is 104 cm³/mol. The molecule has 3 N–H and O–H groups in total. The van der Waals surface area contributed by atoms with E-state index in [-0.39, 0.29) is 11.9 Å². The molecule has 4 aromatic rings. The highest BCUT2D eigenvalue weighted by atomic mass is 32.1. The summed E-state index contributed by atoms with van der Waals surface area (Å²) < 4.78 is 4.16. The maximum atomic E-state index is 11.1. The van der Waals surface area contributed by atoms with Crippen LogP contribution >= 0.6 is 11.3 Å². The van der Waals surface area contributed by atoms with Crippen molar-refractivity contribution in [3.63, 3.8) is 0 Å². The lowest BCUT2D eigenvalue weighted by atomic mass is 10.1. The van der Waals surface area contributed by atoms with Crippen LogP contribution in [-0.4, -0.2) is 19.9 Å². The van der Waals surface area contributed by atoms with Crippen molar-refractivity contribution >= 4 is 33.1 Å². The number of imidazole rings is 1. The van der Waals surface area contributed by atoms with Crippen molar-refractivity contribution < 1.29 is 4.79 Å². The molecule has 0 aliphatic heterocycles. The molecule has 7 heteroatoms. The van der Waals surface area contributed by atoms with Crippen LogP contribution in [-0.2, 0) is 17.9 Å². The second kappa shape index (κ2) is 6.93. The fourth-order valence-electron chi connectivity index (χ4n) is 3.20. The van der Waals surface area contributed by atoms with Crippen LogP contribution in [0.2, 0.25) is 0 Å². The molecule has 0 fully saturated rings. The average molecular weight is 367 g/mol. The molecule has 0 bridgehead atoms. The lowest BCUT2D eigenvalue weighted by Gasteiger charge is -2.10. The first-order chi connectivity index (χ1) is 12.6. The summed E-state index contributed by atoms with van der Waals surface area (Å²) in [5.74, 6) is -0.282. The second-order valence-corrected chi connectivity index (χ2v) is 7.32. The Balaban J connectivity index is 1.52. The third-order valence-corrected chi connectivity index (χ3v) is 5.40. The molecule has 26 heavy (non-hydrogen) atoms. The lowest BCUT2D eigenvalue weighted by Crippen LogP contribution is -2.18. The Bertz CT molecular complexity index is 1030. The van der Waals surface area contributed by atoms with Crippen molar-refractivity contribution in [2.24, 2.45) is 5.73 Å². The van der Waals surface area contributed by atoms with Crippen molar-refractivity contribution in [3.05, 3.63) is 59.5 Å². The minimum atomic E-state index is -0.282. The molecular formula is C19H21N5OS. The van der Waals surface area contributed by atoms with Crippen LogP contribution in [0.1, 0.15) is 30.6 Å². The molecule has 3 heterocycles. The molecular weight excluding hydrogens is 346 g/mol. The number of primary amides is 1. The van der Waals surface area contributed by atoms with Crippen LogP contribution in [0.3, 0.4) is 0 Å². The zero-order valence-electron chi connectivity index (χ0n) is 14.6. The number of benzene rings is 1. The van der Waals surface area contributed by atoms with Gasteiger partial charge in [-0.1, -0.05) is 18.2 Å². The lowest BCUT2D eigenvalue weighted by molar-refractivity contribution is -0.118. The Morgan fingerprint density at radius 1 is 1.35 bits per heavy atom. The number of amides is 1. The number of fused-ring (bicyclic) bond motifs is 2. The number of nitrogens with two attached hydrogens (primary N) is 1. The van der Waals surface area contributed by atoms with Crippen molar-refractivity contribution in [1.29, 1.82) is 0 Å². The van der Waals surface area contributed by atoms with E-state index in [9.17, 15) is 4.79 Å². The molecule has 1 aromatic carbocycles. The molecule has 0 unspecified atom stereocenters. The van der Waals surface area contributed by atoms with E-state index >= 15 is 0 Å². The first-order valence-corrected chi connectivity index (χ1v) is 9.50. The first-order valence-electron chi connectivity index (χ1n) is 8.62. The van der Waals surface area contributed by atoms with Crippen LogP contribution in [0.15, 0.2) is 48.2 Å². The SMILES string of the molecule is C[C@@H](NCc1cn(CCC(N)=O)c2ccccc12)c1cn2ccsc2n1. The van der Waals surface area contributed by atoms with Gasteiger partial charge in [0.05, 0.1) is 5.69 Å². The number of para-hydroxylation sites is 1. The molecule has 0 spiro atoms. The van der Waals surface area contributed by atoms with Gasteiger partial charge in [-0.05, 0) is 18.6 Å². The summed E-state index contributed by atoms with van der Waals surface area (Å²) >= 11 is 1.64. The third-order valence-electron chi connectivity index (χ3n) is 4.62. The number of aryl methyl sites for hydroxylation is 1. The van der Waals surface area contributed by atoms with Crippen molar-refractivity contribution in [2.75, 3.05) is 0 Å². The topological polar surface area (TPSA) is 77.4 Å². The van der Waals surface area contributed by atoms with Crippen molar-refractivity contribution in [3.8, 4) is 0 Å². The van der Waals surface area contributed by atoms with Gasteiger partial charge in [-0.25, -0.2) is 4.98 Å². The molecule has 1 amide bonds. The van der Waals surface area contributed by atoms with Gasteiger partial charge in [0.1, 0.15) is 0 Å². The van der Waals surface area contributed by atoms with Gasteiger partial charge in [-0.15, -0.1) is 11.3 Å². The largest absolute Gasteiger partial charge is 0.370 e. The van der Waals surface area contributed by atoms with Crippen LogP contribution < -0.4 is 11.1 Å². The molecule has 0 aliphatic carbocycles. The van der Waals surface area contributed by atoms with Gasteiger partial charge in [-0.3, -0.25) is 9.20 Å². The van der Waals surface area contributed by atoms with E-state index in [0.717, 1.165) is 22.7 Å².